The summed E-state index contributed by atoms with van der Waals surface area (Å²) in [6, 6.07) is 7.55. The lowest BCUT2D eigenvalue weighted by Gasteiger charge is -2.07. The fourth-order valence-corrected chi connectivity index (χ4v) is 2.35. The van der Waals surface area contributed by atoms with E-state index in [2.05, 4.69) is 4.98 Å². The number of aromatic nitrogens is 1. The van der Waals surface area contributed by atoms with Crippen LogP contribution in [-0.2, 0) is 6.18 Å². The number of halogens is 3. The fourth-order valence-electron chi connectivity index (χ4n) is 1.53. The van der Waals surface area contributed by atoms with Gasteiger partial charge in [0, 0.05) is 23.2 Å². The van der Waals surface area contributed by atoms with Crippen molar-refractivity contribution >= 4 is 17.4 Å². The molecule has 22 heavy (non-hydrogen) atoms. The molecule has 0 N–H and O–H groups in total. The van der Waals surface area contributed by atoms with E-state index < -0.39 is 16.7 Å². The minimum atomic E-state index is -4.47. The Labute approximate surface area is 126 Å². The maximum Gasteiger partial charge on any atom is 0.417 e. The van der Waals surface area contributed by atoms with Crippen molar-refractivity contribution < 1.29 is 18.1 Å². The largest absolute Gasteiger partial charge is 0.417 e. The van der Waals surface area contributed by atoms with Crippen LogP contribution in [-0.4, -0.2) is 9.91 Å². The number of non-ortho nitro benzene ring substituents is 1. The van der Waals surface area contributed by atoms with E-state index in [-0.39, 0.29) is 16.3 Å². The number of alkyl halides is 3. The highest BCUT2D eigenvalue weighted by atomic mass is 32.2. The van der Waals surface area contributed by atoms with Gasteiger partial charge >= 0.3 is 6.18 Å². The monoisotopic (exact) mass is 325 g/mol. The van der Waals surface area contributed by atoms with Crippen LogP contribution in [0.1, 0.15) is 11.1 Å². The van der Waals surface area contributed by atoms with Gasteiger partial charge in [-0.1, -0.05) is 11.8 Å². The third-order valence-corrected chi connectivity index (χ3v) is 3.60. The molecule has 2 aromatic rings. The van der Waals surface area contributed by atoms with Gasteiger partial charge in [-0.15, -0.1) is 0 Å². The summed E-state index contributed by atoms with van der Waals surface area (Å²) < 4.78 is 37.3. The average Bonchev–Trinajstić information content (AvgIpc) is 2.47. The van der Waals surface area contributed by atoms with Crippen molar-refractivity contribution in [3.8, 4) is 6.07 Å². The second-order valence-corrected chi connectivity index (χ2v) is 5.10. The molecule has 0 saturated carbocycles. The second-order valence-electron chi connectivity index (χ2n) is 4.03. The van der Waals surface area contributed by atoms with Gasteiger partial charge in [0.15, 0.2) is 0 Å². The molecular formula is C13H6F3N3O2S. The molecule has 112 valence electrons. The molecule has 0 aliphatic rings. The summed E-state index contributed by atoms with van der Waals surface area (Å²) in [5, 5.41) is 19.9. The summed E-state index contributed by atoms with van der Waals surface area (Å²) in [4.78, 5) is 14.1. The van der Waals surface area contributed by atoms with Crippen molar-refractivity contribution in [1.29, 1.82) is 5.26 Å². The van der Waals surface area contributed by atoms with Gasteiger partial charge in [-0.25, -0.2) is 4.98 Å². The Balaban J connectivity index is 2.28. The third-order valence-electron chi connectivity index (χ3n) is 2.57. The number of benzene rings is 1. The maximum absolute atomic E-state index is 12.4. The molecule has 0 saturated heterocycles. The molecule has 1 heterocycles. The standard InChI is InChI=1S/C13H6F3N3O2S/c14-13(15,16)9-1-4-12(18-7-9)22-11-3-2-10(19(20)21)5-8(11)6-17/h1-5,7H. The van der Waals surface area contributed by atoms with Crippen LogP contribution >= 0.6 is 11.8 Å². The van der Waals surface area contributed by atoms with Crippen LogP contribution in [0, 0.1) is 21.4 Å². The average molecular weight is 325 g/mol. The minimum absolute atomic E-state index is 0.0564. The van der Waals surface area contributed by atoms with E-state index >= 15 is 0 Å². The van der Waals surface area contributed by atoms with Crippen LogP contribution in [0.4, 0.5) is 18.9 Å². The zero-order chi connectivity index (χ0) is 16.3. The van der Waals surface area contributed by atoms with Gasteiger partial charge in [-0.2, -0.15) is 18.4 Å². The van der Waals surface area contributed by atoms with Gasteiger partial charge in [0.1, 0.15) is 11.1 Å². The smallest absolute Gasteiger partial charge is 0.258 e. The zero-order valence-corrected chi connectivity index (χ0v) is 11.5. The van der Waals surface area contributed by atoms with Crippen molar-refractivity contribution in [3.05, 3.63) is 57.8 Å². The Morgan fingerprint density at radius 3 is 2.50 bits per heavy atom. The van der Waals surface area contributed by atoms with Crippen LogP contribution in [0.2, 0.25) is 0 Å². The number of nitriles is 1. The summed E-state index contributed by atoms with van der Waals surface area (Å²) in [6.45, 7) is 0. The summed E-state index contributed by atoms with van der Waals surface area (Å²) >= 11 is 0.955. The van der Waals surface area contributed by atoms with Crippen molar-refractivity contribution in [1.82, 2.24) is 4.98 Å². The van der Waals surface area contributed by atoms with E-state index in [4.69, 9.17) is 5.26 Å². The van der Waals surface area contributed by atoms with Crippen LogP contribution < -0.4 is 0 Å². The summed E-state index contributed by atoms with van der Waals surface area (Å²) in [6.07, 6.45) is -3.78. The first-order chi connectivity index (χ1) is 10.3. The molecule has 0 aliphatic heterocycles. The highest BCUT2D eigenvalue weighted by Gasteiger charge is 2.30. The van der Waals surface area contributed by atoms with Crippen LogP contribution in [0.3, 0.4) is 0 Å². The number of rotatable bonds is 3. The normalized spacial score (nSPS) is 11.0. The van der Waals surface area contributed by atoms with Crippen LogP contribution in [0.5, 0.6) is 0 Å². The number of pyridine rings is 1. The topological polar surface area (TPSA) is 79.8 Å². The molecule has 0 bridgehead atoms. The molecule has 2 rings (SSSR count). The number of nitrogens with zero attached hydrogens (tertiary/aromatic N) is 3. The molecular weight excluding hydrogens is 319 g/mol. The van der Waals surface area contributed by atoms with Crippen molar-refractivity contribution in [3.63, 3.8) is 0 Å². The molecule has 0 aliphatic carbocycles. The summed E-state index contributed by atoms with van der Waals surface area (Å²) in [5.74, 6) is 0. The number of hydrogen-bond acceptors (Lipinski definition) is 5. The van der Waals surface area contributed by atoms with E-state index in [9.17, 15) is 23.3 Å². The zero-order valence-electron chi connectivity index (χ0n) is 10.7. The predicted octanol–water partition coefficient (Wildman–Crippen LogP) is 4.03. The second kappa shape index (κ2) is 6.03. The van der Waals surface area contributed by atoms with Gasteiger partial charge in [-0.3, -0.25) is 10.1 Å². The van der Waals surface area contributed by atoms with E-state index in [0.717, 1.165) is 23.9 Å². The molecule has 1 aromatic heterocycles. The van der Waals surface area contributed by atoms with Gasteiger partial charge in [-0.05, 0) is 18.2 Å². The quantitative estimate of drug-likeness (QED) is 0.628. The Kier molecular flexibility index (Phi) is 4.32. The highest BCUT2D eigenvalue weighted by Crippen LogP contribution is 2.33. The van der Waals surface area contributed by atoms with Gasteiger partial charge in [0.25, 0.3) is 5.69 Å². The van der Waals surface area contributed by atoms with Gasteiger partial charge in [0.05, 0.1) is 16.1 Å². The Bertz CT molecular complexity index is 755. The molecule has 1 aromatic carbocycles. The molecule has 0 spiro atoms. The molecule has 0 amide bonds. The summed E-state index contributed by atoms with van der Waals surface area (Å²) in [5.41, 5.74) is -1.05. The Hall–Kier alpha value is -2.60. The van der Waals surface area contributed by atoms with Crippen molar-refractivity contribution in [2.45, 2.75) is 16.1 Å². The van der Waals surface area contributed by atoms with Gasteiger partial charge < -0.3 is 0 Å². The lowest BCUT2D eigenvalue weighted by atomic mass is 10.2. The van der Waals surface area contributed by atoms with Crippen LogP contribution in [0.25, 0.3) is 0 Å². The van der Waals surface area contributed by atoms with Crippen molar-refractivity contribution in [2.24, 2.45) is 0 Å². The van der Waals surface area contributed by atoms with E-state index in [1.807, 2.05) is 6.07 Å². The van der Waals surface area contributed by atoms with E-state index in [1.165, 1.54) is 18.2 Å². The Morgan fingerprint density at radius 1 is 1.27 bits per heavy atom. The molecule has 0 fully saturated rings. The van der Waals surface area contributed by atoms with E-state index in [0.29, 0.717) is 11.1 Å². The number of nitro groups is 1. The molecule has 5 nitrogen and oxygen atoms in total. The Morgan fingerprint density at radius 2 is 2.00 bits per heavy atom. The first-order valence-corrected chi connectivity index (χ1v) is 6.52. The fraction of sp³-hybridized carbons (Fsp3) is 0.0769. The molecule has 0 radical (unpaired) electrons. The van der Waals surface area contributed by atoms with Crippen molar-refractivity contribution in [2.75, 3.05) is 0 Å². The molecule has 0 unspecified atom stereocenters. The predicted molar refractivity (Wildman–Crippen MR) is 71.2 cm³/mol. The lowest BCUT2D eigenvalue weighted by molar-refractivity contribution is -0.384. The first-order valence-electron chi connectivity index (χ1n) is 5.71. The SMILES string of the molecule is N#Cc1cc([N+](=O)[O-])ccc1Sc1ccc(C(F)(F)F)cn1. The maximum atomic E-state index is 12.4. The van der Waals surface area contributed by atoms with E-state index in [1.54, 1.807) is 0 Å². The minimum Gasteiger partial charge on any atom is -0.258 e. The number of hydrogen-bond donors (Lipinski definition) is 0. The van der Waals surface area contributed by atoms with Crippen LogP contribution in [0.15, 0.2) is 46.5 Å². The third kappa shape index (κ3) is 3.53. The van der Waals surface area contributed by atoms with Gasteiger partial charge in [0.2, 0.25) is 0 Å². The highest BCUT2D eigenvalue weighted by molar-refractivity contribution is 7.99. The molecule has 0 atom stereocenters. The number of nitro benzene ring substituents is 1. The summed E-state index contributed by atoms with van der Waals surface area (Å²) in [7, 11) is 0. The lowest BCUT2D eigenvalue weighted by Crippen LogP contribution is -2.05. The molecule has 9 heteroatoms. The first kappa shape index (κ1) is 15.8.